The topological polar surface area (TPSA) is 64.0 Å². The minimum absolute atomic E-state index is 0.0995. The van der Waals surface area contributed by atoms with Crippen LogP contribution in [0.3, 0.4) is 0 Å². The van der Waals surface area contributed by atoms with Crippen LogP contribution in [0.15, 0.2) is 18.2 Å². The summed E-state index contributed by atoms with van der Waals surface area (Å²) in [4.78, 5) is 16.2. The van der Waals surface area contributed by atoms with Gasteiger partial charge >= 0.3 is 0 Å². The fourth-order valence-corrected chi connectivity index (χ4v) is 2.54. The van der Waals surface area contributed by atoms with E-state index in [4.69, 9.17) is 0 Å². The van der Waals surface area contributed by atoms with Crippen molar-refractivity contribution in [2.24, 2.45) is 0 Å². The van der Waals surface area contributed by atoms with Crippen LogP contribution >= 0.6 is 0 Å². The van der Waals surface area contributed by atoms with Crippen LogP contribution in [-0.4, -0.2) is 59.1 Å². The second kappa shape index (κ2) is 5.48. The van der Waals surface area contributed by atoms with Crippen LogP contribution < -0.4 is 0 Å². The number of rotatable bonds is 2. The summed E-state index contributed by atoms with van der Waals surface area (Å²) in [5.74, 6) is -0.374. The van der Waals surface area contributed by atoms with E-state index in [-0.39, 0.29) is 23.4 Å². The number of piperidine rings is 1. The van der Waals surface area contributed by atoms with Crippen molar-refractivity contribution in [3.63, 3.8) is 0 Å². The number of benzene rings is 1. The van der Waals surface area contributed by atoms with E-state index >= 15 is 0 Å². The molecule has 1 amide bonds. The fraction of sp³-hybridized carbons (Fsp3) is 0.500. The fourth-order valence-electron chi connectivity index (χ4n) is 2.54. The van der Waals surface area contributed by atoms with Crippen LogP contribution in [0.2, 0.25) is 0 Å². The van der Waals surface area contributed by atoms with Gasteiger partial charge in [0.2, 0.25) is 0 Å². The number of likely N-dealkylation sites (tertiary alicyclic amines) is 1. The van der Waals surface area contributed by atoms with E-state index in [1.165, 1.54) is 18.2 Å². The SMILES string of the molecule is CN1CCCC(N(C)C(=O)c2cc(O)cc(O)c2)C1. The zero-order valence-electron chi connectivity index (χ0n) is 11.3. The number of phenolic OH excluding ortho intramolecular Hbond substituents is 2. The van der Waals surface area contributed by atoms with Crippen LogP contribution in [0.4, 0.5) is 0 Å². The standard InChI is InChI=1S/C14H20N2O3/c1-15-5-3-4-11(9-15)16(2)14(19)10-6-12(17)8-13(18)7-10/h6-8,11,17-18H,3-5,9H2,1-2H3. The highest BCUT2D eigenvalue weighted by Crippen LogP contribution is 2.23. The molecule has 2 N–H and O–H groups in total. The van der Waals surface area contributed by atoms with Crippen molar-refractivity contribution in [1.29, 1.82) is 0 Å². The molecule has 0 saturated carbocycles. The first-order valence-corrected chi connectivity index (χ1v) is 6.46. The lowest BCUT2D eigenvalue weighted by Gasteiger charge is -2.35. The molecule has 0 radical (unpaired) electrons. The number of nitrogens with zero attached hydrogens (tertiary/aromatic N) is 2. The molecule has 1 saturated heterocycles. The molecule has 19 heavy (non-hydrogen) atoms. The summed E-state index contributed by atoms with van der Waals surface area (Å²) >= 11 is 0. The van der Waals surface area contributed by atoms with Gasteiger partial charge < -0.3 is 20.0 Å². The van der Waals surface area contributed by atoms with E-state index in [9.17, 15) is 15.0 Å². The van der Waals surface area contributed by atoms with Crippen LogP contribution in [0.1, 0.15) is 23.2 Å². The molecule has 1 atom stereocenters. The number of carbonyl (C=O) groups excluding carboxylic acids is 1. The molecular formula is C14H20N2O3. The molecule has 0 spiro atoms. The number of hydrogen-bond donors (Lipinski definition) is 2. The van der Waals surface area contributed by atoms with Gasteiger partial charge in [0.15, 0.2) is 0 Å². The van der Waals surface area contributed by atoms with Crippen LogP contribution in [-0.2, 0) is 0 Å². The van der Waals surface area contributed by atoms with E-state index in [2.05, 4.69) is 4.90 Å². The average Bonchev–Trinajstić information content (AvgIpc) is 2.36. The number of phenols is 2. The van der Waals surface area contributed by atoms with Crippen LogP contribution in [0.25, 0.3) is 0 Å². The predicted octanol–water partition coefficient (Wildman–Crippen LogP) is 1.26. The van der Waals surface area contributed by atoms with E-state index in [1.807, 2.05) is 7.05 Å². The Morgan fingerprint density at radius 2 is 1.95 bits per heavy atom. The summed E-state index contributed by atoms with van der Waals surface area (Å²) < 4.78 is 0. The molecule has 5 nitrogen and oxygen atoms in total. The van der Waals surface area contributed by atoms with Gasteiger partial charge in [-0.15, -0.1) is 0 Å². The number of likely N-dealkylation sites (N-methyl/N-ethyl adjacent to an activating group) is 2. The van der Waals surface area contributed by atoms with Gasteiger partial charge in [0, 0.05) is 31.3 Å². The van der Waals surface area contributed by atoms with Crippen molar-refractivity contribution in [1.82, 2.24) is 9.80 Å². The third-order valence-electron chi connectivity index (χ3n) is 3.62. The summed E-state index contributed by atoms with van der Waals surface area (Å²) in [5.41, 5.74) is 0.313. The highest BCUT2D eigenvalue weighted by atomic mass is 16.3. The second-order valence-electron chi connectivity index (χ2n) is 5.21. The van der Waals surface area contributed by atoms with Gasteiger partial charge in [0.05, 0.1) is 0 Å². The Hall–Kier alpha value is -1.75. The van der Waals surface area contributed by atoms with E-state index in [1.54, 1.807) is 11.9 Å². The quantitative estimate of drug-likeness (QED) is 0.844. The molecule has 1 aromatic rings. The molecule has 0 aliphatic carbocycles. The molecule has 1 heterocycles. The first-order valence-electron chi connectivity index (χ1n) is 6.46. The van der Waals surface area contributed by atoms with Crippen molar-refractivity contribution in [3.05, 3.63) is 23.8 Å². The maximum Gasteiger partial charge on any atom is 0.254 e. The Labute approximate surface area is 113 Å². The summed E-state index contributed by atoms with van der Waals surface area (Å²) in [6, 6.07) is 4.15. The summed E-state index contributed by atoms with van der Waals surface area (Å²) in [7, 11) is 3.82. The lowest BCUT2D eigenvalue weighted by molar-refractivity contribution is 0.0643. The van der Waals surface area contributed by atoms with Gasteiger partial charge in [-0.25, -0.2) is 0 Å². The highest BCUT2D eigenvalue weighted by molar-refractivity contribution is 5.95. The molecule has 1 fully saturated rings. The normalized spacial score (nSPS) is 20.2. The van der Waals surface area contributed by atoms with Crippen molar-refractivity contribution in [2.75, 3.05) is 27.2 Å². The van der Waals surface area contributed by atoms with Gasteiger partial charge in [0.25, 0.3) is 5.91 Å². The molecular weight excluding hydrogens is 244 g/mol. The van der Waals surface area contributed by atoms with E-state index < -0.39 is 0 Å². The first-order chi connectivity index (χ1) is 8.97. The molecule has 1 aliphatic heterocycles. The monoisotopic (exact) mass is 264 g/mol. The lowest BCUT2D eigenvalue weighted by atomic mass is 10.0. The minimum atomic E-state index is -0.175. The van der Waals surface area contributed by atoms with Crippen molar-refractivity contribution >= 4 is 5.91 Å². The third-order valence-corrected chi connectivity index (χ3v) is 3.62. The molecule has 2 rings (SSSR count). The Kier molecular flexibility index (Phi) is 3.95. The molecule has 0 bridgehead atoms. The third kappa shape index (κ3) is 3.17. The van der Waals surface area contributed by atoms with Crippen LogP contribution in [0.5, 0.6) is 11.5 Å². The first kappa shape index (κ1) is 13.7. The van der Waals surface area contributed by atoms with Gasteiger partial charge in [-0.2, -0.15) is 0 Å². The second-order valence-corrected chi connectivity index (χ2v) is 5.21. The van der Waals surface area contributed by atoms with Gasteiger partial charge in [-0.3, -0.25) is 4.79 Å². The van der Waals surface area contributed by atoms with Gasteiger partial charge in [-0.05, 0) is 38.6 Å². The van der Waals surface area contributed by atoms with Crippen LogP contribution in [0, 0.1) is 0 Å². The molecule has 104 valence electrons. The Bertz CT molecular complexity index is 456. The summed E-state index contributed by atoms with van der Waals surface area (Å²) in [5, 5.41) is 18.9. The Balaban J connectivity index is 2.13. The van der Waals surface area contributed by atoms with Crippen molar-refractivity contribution < 1.29 is 15.0 Å². The summed E-state index contributed by atoms with van der Waals surface area (Å²) in [6.45, 7) is 1.92. The molecule has 5 heteroatoms. The number of aromatic hydroxyl groups is 2. The lowest BCUT2D eigenvalue weighted by Crippen LogP contribution is -2.47. The molecule has 1 unspecified atom stereocenters. The van der Waals surface area contributed by atoms with Crippen molar-refractivity contribution in [3.8, 4) is 11.5 Å². The molecule has 1 aliphatic rings. The zero-order valence-corrected chi connectivity index (χ0v) is 11.3. The Morgan fingerprint density at radius 1 is 1.32 bits per heavy atom. The van der Waals surface area contributed by atoms with Crippen molar-refractivity contribution in [2.45, 2.75) is 18.9 Å². The maximum absolute atomic E-state index is 12.3. The number of amides is 1. The summed E-state index contributed by atoms with van der Waals surface area (Å²) in [6.07, 6.45) is 2.06. The predicted molar refractivity (Wildman–Crippen MR) is 72.4 cm³/mol. The van der Waals surface area contributed by atoms with E-state index in [0.717, 1.165) is 25.9 Å². The average molecular weight is 264 g/mol. The highest BCUT2D eigenvalue weighted by Gasteiger charge is 2.25. The Morgan fingerprint density at radius 3 is 2.53 bits per heavy atom. The smallest absolute Gasteiger partial charge is 0.254 e. The number of carbonyl (C=O) groups is 1. The minimum Gasteiger partial charge on any atom is -0.508 e. The van der Waals surface area contributed by atoms with E-state index in [0.29, 0.717) is 5.56 Å². The largest absolute Gasteiger partial charge is 0.508 e. The van der Waals surface area contributed by atoms with Gasteiger partial charge in [0.1, 0.15) is 11.5 Å². The molecule has 0 aromatic heterocycles. The molecule has 1 aromatic carbocycles. The zero-order chi connectivity index (χ0) is 14.0. The number of hydrogen-bond acceptors (Lipinski definition) is 4. The maximum atomic E-state index is 12.3. The van der Waals surface area contributed by atoms with Gasteiger partial charge in [-0.1, -0.05) is 0 Å².